The third kappa shape index (κ3) is 4.43. The van der Waals surface area contributed by atoms with Gasteiger partial charge in [0, 0.05) is 22.3 Å². The summed E-state index contributed by atoms with van der Waals surface area (Å²) in [5.74, 6) is 0.741. The molecule has 0 atom stereocenters. The SMILES string of the molecule is CC(C)CC1(CNc2ccc(Br)cc2C(N)=S)CCCC1. The minimum absolute atomic E-state index is 0.439. The molecule has 1 aromatic rings. The number of hydrogen-bond donors (Lipinski definition) is 2. The summed E-state index contributed by atoms with van der Waals surface area (Å²) < 4.78 is 1.01. The molecule has 0 aliphatic heterocycles. The molecule has 116 valence electrons. The van der Waals surface area contributed by atoms with E-state index >= 15 is 0 Å². The smallest absolute Gasteiger partial charge is 0.106 e. The van der Waals surface area contributed by atoms with Gasteiger partial charge in [0.25, 0.3) is 0 Å². The van der Waals surface area contributed by atoms with E-state index in [2.05, 4.69) is 41.2 Å². The van der Waals surface area contributed by atoms with Crippen molar-refractivity contribution in [2.75, 3.05) is 11.9 Å². The number of nitrogens with one attached hydrogen (secondary N) is 1. The molecule has 2 rings (SSSR count). The van der Waals surface area contributed by atoms with Gasteiger partial charge in [-0.05, 0) is 48.8 Å². The molecule has 0 heterocycles. The maximum absolute atomic E-state index is 5.85. The molecule has 0 unspecified atom stereocenters. The Morgan fingerprint density at radius 2 is 2.05 bits per heavy atom. The van der Waals surface area contributed by atoms with E-state index in [1.807, 2.05) is 12.1 Å². The van der Waals surface area contributed by atoms with Gasteiger partial charge >= 0.3 is 0 Å². The maximum atomic E-state index is 5.85. The molecule has 0 spiro atoms. The van der Waals surface area contributed by atoms with Crippen molar-refractivity contribution in [2.45, 2.75) is 46.0 Å². The Labute approximate surface area is 142 Å². The highest BCUT2D eigenvalue weighted by atomic mass is 79.9. The van der Waals surface area contributed by atoms with Crippen LogP contribution >= 0.6 is 28.1 Å². The Morgan fingerprint density at radius 3 is 2.62 bits per heavy atom. The second-order valence-electron chi connectivity index (χ2n) is 6.71. The van der Waals surface area contributed by atoms with E-state index in [0.29, 0.717) is 10.4 Å². The molecule has 0 amide bonds. The molecule has 1 aromatic carbocycles. The van der Waals surface area contributed by atoms with Crippen LogP contribution in [0.2, 0.25) is 0 Å². The summed E-state index contributed by atoms with van der Waals surface area (Å²) in [6, 6.07) is 6.10. The normalized spacial score (nSPS) is 17.1. The predicted molar refractivity (Wildman–Crippen MR) is 98.9 cm³/mol. The molecule has 3 N–H and O–H groups in total. The summed E-state index contributed by atoms with van der Waals surface area (Å²) in [6.07, 6.45) is 6.67. The molecule has 0 radical (unpaired) electrons. The fraction of sp³-hybridized carbons (Fsp3) is 0.588. The molecule has 0 aromatic heterocycles. The van der Waals surface area contributed by atoms with E-state index < -0.39 is 0 Å². The van der Waals surface area contributed by atoms with Crippen LogP contribution in [-0.4, -0.2) is 11.5 Å². The first-order valence-corrected chi connectivity index (χ1v) is 8.95. The minimum atomic E-state index is 0.439. The number of anilines is 1. The fourth-order valence-corrected chi connectivity index (χ4v) is 4.13. The van der Waals surface area contributed by atoms with Crippen molar-refractivity contribution < 1.29 is 0 Å². The summed E-state index contributed by atoms with van der Waals surface area (Å²) >= 11 is 8.66. The number of halogens is 1. The lowest BCUT2D eigenvalue weighted by Gasteiger charge is -2.32. The third-order valence-corrected chi connectivity index (χ3v) is 5.12. The lowest BCUT2D eigenvalue weighted by molar-refractivity contribution is 0.252. The van der Waals surface area contributed by atoms with E-state index in [0.717, 1.165) is 28.2 Å². The lowest BCUT2D eigenvalue weighted by atomic mass is 9.78. The van der Waals surface area contributed by atoms with Crippen LogP contribution in [0.25, 0.3) is 0 Å². The van der Waals surface area contributed by atoms with Gasteiger partial charge in [0.2, 0.25) is 0 Å². The van der Waals surface area contributed by atoms with Crippen LogP contribution in [0.4, 0.5) is 5.69 Å². The van der Waals surface area contributed by atoms with E-state index in [9.17, 15) is 0 Å². The Morgan fingerprint density at radius 1 is 1.38 bits per heavy atom. The molecular formula is C17H25BrN2S. The van der Waals surface area contributed by atoms with Crippen molar-refractivity contribution in [2.24, 2.45) is 17.1 Å². The molecule has 1 aliphatic carbocycles. The molecule has 0 saturated heterocycles. The summed E-state index contributed by atoms with van der Waals surface area (Å²) in [5.41, 5.74) is 8.27. The monoisotopic (exact) mass is 368 g/mol. The lowest BCUT2D eigenvalue weighted by Crippen LogP contribution is -2.29. The largest absolute Gasteiger partial charge is 0.389 e. The number of thiocarbonyl (C=S) groups is 1. The van der Waals surface area contributed by atoms with Gasteiger partial charge in [0.05, 0.1) is 0 Å². The Balaban J connectivity index is 2.12. The van der Waals surface area contributed by atoms with Crippen molar-refractivity contribution in [3.8, 4) is 0 Å². The average Bonchev–Trinajstić information content (AvgIpc) is 2.85. The van der Waals surface area contributed by atoms with Crippen molar-refractivity contribution >= 4 is 38.8 Å². The highest BCUT2D eigenvalue weighted by molar-refractivity contribution is 9.10. The first kappa shape index (κ1) is 16.8. The van der Waals surface area contributed by atoms with Gasteiger partial charge in [-0.2, -0.15) is 0 Å². The fourth-order valence-electron chi connectivity index (χ4n) is 3.60. The first-order valence-electron chi connectivity index (χ1n) is 7.75. The number of rotatable bonds is 6. The molecule has 1 saturated carbocycles. The number of hydrogen-bond acceptors (Lipinski definition) is 2. The zero-order valence-electron chi connectivity index (χ0n) is 12.9. The van der Waals surface area contributed by atoms with Gasteiger partial charge in [-0.15, -0.1) is 0 Å². The van der Waals surface area contributed by atoms with Crippen molar-refractivity contribution in [1.82, 2.24) is 0 Å². The van der Waals surface area contributed by atoms with Crippen LogP contribution in [0.3, 0.4) is 0 Å². The van der Waals surface area contributed by atoms with Crippen molar-refractivity contribution in [3.05, 3.63) is 28.2 Å². The van der Waals surface area contributed by atoms with Gasteiger partial charge in [-0.3, -0.25) is 0 Å². The predicted octanol–water partition coefficient (Wildman–Crippen LogP) is 5.10. The molecule has 0 bridgehead atoms. The second kappa shape index (κ2) is 7.10. The van der Waals surface area contributed by atoms with Crippen molar-refractivity contribution in [1.29, 1.82) is 0 Å². The van der Waals surface area contributed by atoms with Crippen LogP contribution in [-0.2, 0) is 0 Å². The van der Waals surface area contributed by atoms with Gasteiger partial charge in [-0.1, -0.05) is 54.8 Å². The van der Waals surface area contributed by atoms with Crippen LogP contribution in [0.1, 0.15) is 51.5 Å². The number of benzene rings is 1. The quantitative estimate of drug-likeness (QED) is 0.685. The van der Waals surface area contributed by atoms with Crippen LogP contribution in [0.15, 0.2) is 22.7 Å². The Bertz CT molecular complexity index is 508. The maximum Gasteiger partial charge on any atom is 0.106 e. The summed E-state index contributed by atoms with van der Waals surface area (Å²) in [4.78, 5) is 0.447. The highest BCUT2D eigenvalue weighted by Gasteiger charge is 2.34. The Hall–Kier alpha value is -0.610. The Kier molecular flexibility index (Phi) is 5.67. The summed E-state index contributed by atoms with van der Waals surface area (Å²) in [7, 11) is 0. The standard InChI is InChI=1S/C17H25BrN2S/c1-12(2)10-17(7-3-4-8-17)11-20-15-6-5-13(18)9-14(15)16(19)21/h5-6,9,12,20H,3-4,7-8,10-11H2,1-2H3,(H2,19,21). The molecule has 4 heteroatoms. The zero-order chi connectivity index (χ0) is 15.5. The number of nitrogens with two attached hydrogens (primary N) is 1. The van der Waals surface area contributed by atoms with Crippen molar-refractivity contribution in [3.63, 3.8) is 0 Å². The highest BCUT2D eigenvalue weighted by Crippen LogP contribution is 2.43. The minimum Gasteiger partial charge on any atom is -0.389 e. The molecular weight excluding hydrogens is 344 g/mol. The molecule has 1 aliphatic rings. The second-order valence-corrected chi connectivity index (χ2v) is 8.07. The average molecular weight is 369 g/mol. The van der Waals surface area contributed by atoms with E-state index in [-0.39, 0.29) is 0 Å². The van der Waals surface area contributed by atoms with Crippen LogP contribution in [0.5, 0.6) is 0 Å². The topological polar surface area (TPSA) is 38.0 Å². The first-order chi connectivity index (χ1) is 9.92. The van der Waals surface area contributed by atoms with Gasteiger partial charge in [0.15, 0.2) is 0 Å². The molecule has 21 heavy (non-hydrogen) atoms. The van der Waals surface area contributed by atoms with E-state index in [1.165, 1.54) is 32.1 Å². The van der Waals surface area contributed by atoms with Gasteiger partial charge in [-0.25, -0.2) is 0 Å². The third-order valence-electron chi connectivity index (χ3n) is 4.41. The van der Waals surface area contributed by atoms with Crippen LogP contribution < -0.4 is 11.1 Å². The van der Waals surface area contributed by atoms with E-state index in [4.69, 9.17) is 18.0 Å². The van der Waals surface area contributed by atoms with Gasteiger partial charge < -0.3 is 11.1 Å². The zero-order valence-corrected chi connectivity index (χ0v) is 15.3. The molecule has 2 nitrogen and oxygen atoms in total. The molecule has 1 fully saturated rings. The summed E-state index contributed by atoms with van der Waals surface area (Å²) in [6.45, 7) is 5.66. The van der Waals surface area contributed by atoms with E-state index in [1.54, 1.807) is 0 Å². The van der Waals surface area contributed by atoms with Gasteiger partial charge in [0.1, 0.15) is 4.99 Å². The van der Waals surface area contributed by atoms with Crippen LogP contribution in [0, 0.1) is 11.3 Å². The summed E-state index contributed by atoms with van der Waals surface area (Å²) in [5, 5.41) is 3.62.